The quantitative estimate of drug-likeness (QED) is 0.803. The van der Waals surface area contributed by atoms with Gasteiger partial charge >= 0.3 is 0 Å². The minimum absolute atomic E-state index is 0.0705. The van der Waals surface area contributed by atoms with Gasteiger partial charge in [-0.05, 0) is 29.3 Å². The third-order valence-corrected chi connectivity index (χ3v) is 4.44. The minimum Gasteiger partial charge on any atom is -0.388 e. The highest BCUT2D eigenvalue weighted by atomic mass is 35.5. The molecule has 1 N–H and O–H groups in total. The summed E-state index contributed by atoms with van der Waals surface area (Å²) in [5.74, 6) is 0. The Morgan fingerprint density at radius 1 is 1.14 bits per heavy atom. The van der Waals surface area contributed by atoms with Gasteiger partial charge in [0.2, 0.25) is 0 Å². The average molecular weight is 312 g/mol. The van der Waals surface area contributed by atoms with Crippen molar-refractivity contribution in [1.29, 1.82) is 0 Å². The maximum Gasteiger partial charge on any atom is 0.0956 e. The number of aliphatic hydroxyl groups excluding tert-OH is 1. The van der Waals surface area contributed by atoms with Crippen LogP contribution in [-0.2, 0) is 0 Å². The molecule has 2 aromatic heterocycles. The molecule has 110 valence electrons. The highest BCUT2D eigenvalue weighted by molar-refractivity contribution is 6.30. The van der Waals surface area contributed by atoms with Crippen molar-refractivity contribution in [1.82, 2.24) is 14.5 Å². The van der Waals surface area contributed by atoms with Gasteiger partial charge in [-0.1, -0.05) is 23.7 Å². The third-order valence-electron chi connectivity index (χ3n) is 4.19. The van der Waals surface area contributed by atoms with E-state index < -0.39 is 6.10 Å². The summed E-state index contributed by atoms with van der Waals surface area (Å²) in [4.78, 5) is 8.42. The molecule has 3 heterocycles. The van der Waals surface area contributed by atoms with Crippen molar-refractivity contribution < 1.29 is 5.11 Å². The first kappa shape index (κ1) is 13.5. The summed E-state index contributed by atoms with van der Waals surface area (Å²) in [7, 11) is 0. The molecule has 0 spiro atoms. The maximum atomic E-state index is 10.6. The lowest BCUT2D eigenvalue weighted by Gasteiger charge is -2.19. The number of rotatable bonds is 3. The molecule has 1 aromatic carbocycles. The number of fused-ring (bicyclic) bond motifs is 3. The fraction of sp³-hybridized carbons (Fsp3) is 0.176. The first-order valence-electron chi connectivity index (χ1n) is 7.13. The SMILES string of the molecule is OC(CC1c2ccncc2-c2cncn21)c1ccc(Cl)cc1. The standard InChI is InChI=1S/C17H14ClN3O/c18-12-3-1-11(2-4-12)17(22)7-15-13-5-6-19-8-14(13)16-9-20-10-21(15)16/h1-6,8-10,15,17,22H,7H2. The van der Waals surface area contributed by atoms with Gasteiger partial charge in [0.05, 0.1) is 30.4 Å². The van der Waals surface area contributed by atoms with Gasteiger partial charge in [0, 0.05) is 29.4 Å². The van der Waals surface area contributed by atoms with Crippen LogP contribution in [-0.4, -0.2) is 19.6 Å². The number of hydrogen-bond acceptors (Lipinski definition) is 3. The molecular formula is C17H14ClN3O. The molecule has 0 bridgehead atoms. The van der Waals surface area contributed by atoms with E-state index in [1.165, 1.54) is 5.56 Å². The van der Waals surface area contributed by atoms with Gasteiger partial charge < -0.3 is 9.67 Å². The van der Waals surface area contributed by atoms with Crippen molar-refractivity contribution >= 4 is 11.6 Å². The number of imidazole rings is 1. The molecule has 1 aliphatic rings. The fourth-order valence-electron chi connectivity index (χ4n) is 3.09. The van der Waals surface area contributed by atoms with Crippen molar-refractivity contribution in [2.75, 3.05) is 0 Å². The van der Waals surface area contributed by atoms with Crippen LogP contribution in [0, 0.1) is 0 Å². The summed E-state index contributed by atoms with van der Waals surface area (Å²) in [5.41, 5.74) is 4.19. The number of benzene rings is 1. The minimum atomic E-state index is -0.559. The van der Waals surface area contributed by atoms with Crippen LogP contribution >= 0.6 is 11.6 Å². The zero-order valence-electron chi connectivity index (χ0n) is 11.7. The van der Waals surface area contributed by atoms with E-state index in [1.807, 2.05) is 36.9 Å². The molecule has 0 fully saturated rings. The number of pyridine rings is 1. The number of nitrogens with zero attached hydrogens (tertiary/aromatic N) is 3. The van der Waals surface area contributed by atoms with E-state index in [9.17, 15) is 5.11 Å². The van der Waals surface area contributed by atoms with Crippen molar-refractivity contribution in [2.45, 2.75) is 18.6 Å². The average Bonchev–Trinajstić information content (AvgIpc) is 3.11. The Bertz CT molecular complexity index is 813. The topological polar surface area (TPSA) is 50.9 Å². The van der Waals surface area contributed by atoms with Crippen LogP contribution in [0.15, 0.2) is 55.2 Å². The first-order valence-corrected chi connectivity index (χ1v) is 7.51. The monoisotopic (exact) mass is 311 g/mol. The molecule has 0 saturated heterocycles. The van der Waals surface area contributed by atoms with Crippen LogP contribution in [0.5, 0.6) is 0 Å². The molecule has 5 heteroatoms. The van der Waals surface area contributed by atoms with E-state index in [1.54, 1.807) is 18.3 Å². The predicted octanol–water partition coefficient (Wildman–Crippen LogP) is 3.63. The molecular weight excluding hydrogens is 298 g/mol. The second-order valence-electron chi connectivity index (χ2n) is 5.47. The van der Waals surface area contributed by atoms with Crippen molar-refractivity contribution in [3.8, 4) is 11.3 Å². The van der Waals surface area contributed by atoms with E-state index in [2.05, 4.69) is 14.5 Å². The third kappa shape index (κ3) is 2.12. The van der Waals surface area contributed by atoms with Crippen LogP contribution in [0.1, 0.15) is 29.7 Å². The summed E-state index contributed by atoms with van der Waals surface area (Å²) in [5, 5.41) is 11.2. The first-order chi connectivity index (χ1) is 10.7. The van der Waals surface area contributed by atoms with Crippen LogP contribution in [0.2, 0.25) is 5.02 Å². The molecule has 3 aromatic rings. The van der Waals surface area contributed by atoms with E-state index >= 15 is 0 Å². The molecule has 2 unspecified atom stereocenters. The lowest BCUT2D eigenvalue weighted by Crippen LogP contribution is -2.10. The lowest BCUT2D eigenvalue weighted by atomic mass is 9.97. The van der Waals surface area contributed by atoms with Gasteiger partial charge in [-0.15, -0.1) is 0 Å². The van der Waals surface area contributed by atoms with Gasteiger partial charge in [-0.3, -0.25) is 4.98 Å². The number of aromatic nitrogens is 3. The van der Waals surface area contributed by atoms with Crippen molar-refractivity contribution in [3.05, 3.63) is 71.4 Å². The van der Waals surface area contributed by atoms with Gasteiger partial charge in [0.1, 0.15) is 0 Å². The van der Waals surface area contributed by atoms with Crippen LogP contribution in [0.4, 0.5) is 0 Å². The van der Waals surface area contributed by atoms with Gasteiger partial charge in [0.25, 0.3) is 0 Å². The molecule has 0 radical (unpaired) electrons. The number of halogens is 1. The van der Waals surface area contributed by atoms with Crippen LogP contribution < -0.4 is 0 Å². The van der Waals surface area contributed by atoms with Gasteiger partial charge in [0.15, 0.2) is 0 Å². The highest BCUT2D eigenvalue weighted by Crippen LogP contribution is 2.42. The van der Waals surface area contributed by atoms with Crippen molar-refractivity contribution in [3.63, 3.8) is 0 Å². The zero-order chi connectivity index (χ0) is 15.1. The van der Waals surface area contributed by atoms with Crippen LogP contribution in [0.25, 0.3) is 11.3 Å². The van der Waals surface area contributed by atoms with Crippen molar-refractivity contribution in [2.24, 2.45) is 0 Å². The maximum absolute atomic E-state index is 10.6. The Hall–Kier alpha value is -2.17. The Morgan fingerprint density at radius 2 is 1.95 bits per heavy atom. The largest absolute Gasteiger partial charge is 0.388 e. The number of hydrogen-bond donors (Lipinski definition) is 1. The van der Waals surface area contributed by atoms with E-state index in [0.29, 0.717) is 11.4 Å². The van der Waals surface area contributed by atoms with E-state index in [0.717, 1.165) is 16.8 Å². The van der Waals surface area contributed by atoms with E-state index in [4.69, 9.17) is 11.6 Å². The molecule has 4 nitrogen and oxygen atoms in total. The molecule has 0 amide bonds. The molecule has 22 heavy (non-hydrogen) atoms. The second kappa shape index (κ2) is 5.23. The normalized spacial score (nSPS) is 17.1. The lowest BCUT2D eigenvalue weighted by molar-refractivity contribution is 0.154. The van der Waals surface area contributed by atoms with E-state index in [-0.39, 0.29) is 6.04 Å². The Labute approximate surface area is 133 Å². The predicted molar refractivity (Wildman–Crippen MR) is 84.6 cm³/mol. The number of aliphatic hydroxyl groups is 1. The summed E-state index contributed by atoms with van der Waals surface area (Å²) in [6.45, 7) is 0. The fourth-order valence-corrected chi connectivity index (χ4v) is 3.22. The summed E-state index contributed by atoms with van der Waals surface area (Å²) < 4.78 is 2.10. The molecule has 1 aliphatic heterocycles. The highest BCUT2D eigenvalue weighted by Gasteiger charge is 2.30. The van der Waals surface area contributed by atoms with Gasteiger partial charge in [-0.2, -0.15) is 0 Å². The molecule has 4 rings (SSSR count). The summed E-state index contributed by atoms with van der Waals surface area (Å²) in [6, 6.07) is 9.42. The second-order valence-corrected chi connectivity index (χ2v) is 5.90. The smallest absolute Gasteiger partial charge is 0.0956 e. The van der Waals surface area contributed by atoms with Gasteiger partial charge in [-0.25, -0.2) is 4.98 Å². The molecule has 2 atom stereocenters. The summed E-state index contributed by atoms with van der Waals surface area (Å²) in [6.07, 6.45) is 7.33. The molecule has 0 saturated carbocycles. The Morgan fingerprint density at radius 3 is 2.77 bits per heavy atom. The Balaban J connectivity index is 1.67. The molecule has 0 aliphatic carbocycles. The Kier molecular flexibility index (Phi) is 3.21. The van der Waals surface area contributed by atoms with Crippen LogP contribution in [0.3, 0.4) is 0 Å². The zero-order valence-corrected chi connectivity index (χ0v) is 12.5. The summed E-state index contributed by atoms with van der Waals surface area (Å²) >= 11 is 5.90.